The average Bonchev–Trinajstić information content (AvgIpc) is 2.82. The highest BCUT2D eigenvalue weighted by Crippen LogP contribution is 2.34. The Hall–Kier alpha value is -1.89. The minimum absolute atomic E-state index is 0.109. The highest BCUT2D eigenvalue weighted by atomic mass is 35.5. The molecule has 1 aromatic carbocycles. The highest BCUT2D eigenvalue weighted by Gasteiger charge is 2.31. The summed E-state index contributed by atoms with van der Waals surface area (Å²) in [4.78, 5) is 21.1. The zero-order valence-corrected chi connectivity index (χ0v) is 11.1. The second kappa shape index (κ2) is 5.62. The number of carboxylic acid groups (broad SMARTS) is 1. The first kappa shape index (κ1) is 14.5. The van der Waals surface area contributed by atoms with Crippen LogP contribution >= 0.6 is 11.6 Å². The van der Waals surface area contributed by atoms with Gasteiger partial charge in [-0.1, -0.05) is 11.6 Å². The summed E-state index contributed by atoms with van der Waals surface area (Å²) in [5.74, 6) is -2.19. The van der Waals surface area contributed by atoms with Gasteiger partial charge in [-0.05, 0) is 25.3 Å². The Morgan fingerprint density at radius 3 is 2.75 bits per heavy atom. The van der Waals surface area contributed by atoms with Crippen LogP contribution in [0.3, 0.4) is 0 Å². The third-order valence-corrected chi connectivity index (χ3v) is 3.67. The fourth-order valence-electron chi connectivity index (χ4n) is 2.36. The number of anilines is 1. The first-order valence-corrected chi connectivity index (χ1v) is 6.39. The molecule has 0 radical (unpaired) electrons. The van der Waals surface area contributed by atoms with Crippen LogP contribution in [-0.2, 0) is 4.79 Å². The van der Waals surface area contributed by atoms with Gasteiger partial charge in [-0.2, -0.15) is 0 Å². The first-order chi connectivity index (χ1) is 9.38. The van der Waals surface area contributed by atoms with Crippen LogP contribution in [0.1, 0.15) is 19.3 Å². The van der Waals surface area contributed by atoms with E-state index < -0.39 is 28.3 Å². The lowest BCUT2D eigenvalue weighted by Gasteiger charge is -2.14. The molecule has 2 N–H and O–H groups in total. The molecule has 0 spiro atoms. The van der Waals surface area contributed by atoms with Gasteiger partial charge < -0.3 is 10.4 Å². The summed E-state index contributed by atoms with van der Waals surface area (Å²) in [5.41, 5.74) is -0.303. The Balaban J connectivity index is 2.19. The second-order valence-electron chi connectivity index (χ2n) is 4.73. The van der Waals surface area contributed by atoms with E-state index in [4.69, 9.17) is 16.7 Å². The van der Waals surface area contributed by atoms with Gasteiger partial charge in [-0.15, -0.1) is 0 Å². The van der Waals surface area contributed by atoms with Crippen molar-refractivity contribution in [3.05, 3.63) is 33.1 Å². The molecule has 0 amide bonds. The Labute approximate surface area is 118 Å². The van der Waals surface area contributed by atoms with E-state index in [2.05, 4.69) is 5.32 Å². The molecule has 1 saturated carbocycles. The van der Waals surface area contributed by atoms with Crippen molar-refractivity contribution in [3.8, 4) is 0 Å². The lowest BCUT2D eigenvalue weighted by Crippen LogP contribution is -2.18. The molecule has 2 rings (SSSR count). The zero-order chi connectivity index (χ0) is 14.9. The highest BCUT2D eigenvalue weighted by molar-refractivity contribution is 6.31. The van der Waals surface area contributed by atoms with Gasteiger partial charge in [0.1, 0.15) is 11.5 Å². The maximum absolute atomic E-state index is 13.3. The second-order valence-corrected chi connectivity index (χ2v) is 5.14. The van der Waals surface area contributed by atoms with Crippen molar-refractivity contribution in [3.63, 3.8) is 0 Å². The molecule has 2 unspecified atom stereocenters. The van der Waals surface area contributed by atoms with E-state index in [1.807, 2.05) is 0 Å². The number of carbonyl (C=O) groups is 1. The molecule has 0 bridgehead atoms. The van der Waals surface area contributed by atoms with E-state index in [-0.39, 0.29) is 16.8 Å². The monoisotopic (exact) mass is 302 g/mol. The van der Waals surface area contributed by atoms with Gasteiger partial charge in [0, 0.05) is 6.04 Å². The van der Waals surface area contributed by atoms with Gasteiger partial charge >= 0.3 is 5.97 Å². The van der Waals surface area contributed by atoms with Gasteiger partial charge in [0.15, 0.2) is 0 Å². The largest absolute Gasteiger partial charge is 0.481 e. The number of nitrogens with one attached hydrogen (secondary N) is 1. The predicted molar refractivity (Wildman–Crippen MR) is 70.5 cm³/mol. The molecule has 0 heterocycles. The van der Waals surface area contributed by atoms with E-state index in [0.29, 0.717) is 19.3 Å². The van der Waals surface area contributed by atoms with E-state index in [1.54, 1.807) is 0 Å². The van der Waals surface area contributed by atoms with Crippen LogP contribution in [0.5, 0.6) is 0 Å². The van der Waals surface area contributed by atoms with E-state index in [9.17, 15) is 19.3 Å². The van der Waals surface area contributed by atoms with Crippen molar-refractivity contribution in [2.75, 3.05) is 5.32 Å². The molecule has 8 heteroatoms. The minimum Gasteiger partial charge on any atom is -0.481 e. The summed E-state index contributed by atoms with van der Waals surface area (Å²) in [7, 11) is 0. The van der Waals surface area contributed by atoms with Crippen LogP contribution < -0.4 is 5.32 Å². The SMILES string of the molecule is O=C(O)C1CCC(Nc2cc(Cl)c(F)cc2[N+](=O)[O-])C1. The molecule has 0 aliphatic heterocycles. The predicted octanol–water partition coefficient (Wildman–Crippen LogP) is 3.05. The van der Waals surface area contributed by atoms with Gasteiger partial charge in [-0.3, -0.25) is 14.9 Å². The molecule has 1 aromatic rings. The number of hydrogen-bond acceptors (Lipinski definition) is 4. The van der Waals surface area contributed by atoms with Crippen LogP contribution in [0, 0.1) is 21.8 Å². The number of nitro benzene ring substituents is 1. The van der Waals surface area contributed by atoms with Gasteiger partial charge in [0.05, 0.1) is 21.9 Å². The number of benzene rings is 1. The lowest BCUT2D eigenvalue weighted by atomic mass is 10.1. The van der Waals surface area contributed by atoms with E-state index >= 15 is 0 Å². The van der Waals surface area contributed by atoms with E-state index in [1.165, 1.54) is 0 Å². The van der Waals surface area contributed by atoms with Crippen LogP contribution in [0.2, 0.25) is 5.02 Å². The van der Waals surface area contributed by atoms with Crippen LogP contribution in [0.25, 0.3) is 0 Å². The number of hydrogen-bond donors (Lipinski definition) is 2. The average molecular weight is 303 g/mol. The van der Waals surface area contributed by atoms with Crippen LogP contribution in [0.15, 0.2) is 12.1 Å². The number of nitrogens with zero attached hydrogens (tertiary/aromatic N) is 1. The quantitative estimate of drug-likeness (QED) is 0.658. The Morgan fingerprint density at radius 2 is 2.20 bits per heavy atom. The summed E-state index contributed by atoms with van der Waals surface area (Å²) < 4.78 is 13.3. The third-order valence-electron chi connectivity index (χ3n) is 3.38. The fourth-order valence-corrected chi connectivity index (χ4v) is 2.52. The number of halogens is 2. The smallest absolute Gasteiger partial charge is 0.306 e. The van der Waals surface area contributed by atoms with Crippen molar-refractivity contribution < 1.29 is 19.2 Å². The Kier molecular flexibility index (Phi) is 4.08. The Bertz CT molecular complexity index is 567. The molecule has 20 heavy (non-hydrogen) atoms. The van der Waals surface area contributed by atoms with Crippen molar-refractivity contribution in [1.29, 1.82) is 0 Å². The standard InChI is InChI=1S/C12H12ClFN2O4/c13-8-4-10(11(16(19)20)5-9(8)14)15-7-2-1-6(3-7)12(17)18/h4-7,15H,1-3H2,(H,17,18). The van der Waals surface area contributed by atoms with Crippen molar-refractivity contribution in [2.24, 2.45) is 5.92 Å². The van der Waals surface area contributed by atoms with Crippen LogP contribution in [-0.4, -0.2) is 22.0 Å². The number of carboxylic acids is 1. The zero-order valence-electron chi connectivity index (χ0n) is 10.3. The van der Waals surface area contributed by atoms with Gasteiger partial charge in [0.25, 0.3) is 5.69 Å². The molecule has 1 aliphatic rings. The molecule has 2 atom stereocenters. The summed E-state index contributed by atoms with van der Waals surface area (Å²) in [6, 6.07) is 1.72. The van der Waals surface area contributed by atoms with Gasteiger partial charge in [0.2, 0.25) is 0 Å². The topological polar surface area (TPSA) is 92.5 Å². The molecule has 108 valence electrons. The molecule has 0 aromatic heterocycles. The number of aliphatic carboxylic acids is 1. The first-order valence-electron chi connectivity index (χ1n) is 6.01. The maximum Gasteiger partial charge on any atom is 0.306 e. The summed E-state index contributed by atoms with van der Waals surface area (Å²) in [6.07, 6.45) is 1.47. The molecule has 0 saturated heterocycles. The maximum atomic E-state index is 13.3. The summed E-state index contributed by atoms with van der Waals surface area (Å²) in [5, 5.41) is 22.5. The summed E-state index contributed by atoms with van der Waals surface area (Å²) in [6.45, 7) is 0. The molecular weight excluding hydrogens is 291 g/mol. The summed E-state index contributed by atoms with van der Waals surface area (Å²) >= 11 is 5.62. The Morgan fingerprint density at radius 1 is 1.50 bits per heavy atom. The third kappa shape index (κ3) is 2.98. The van der Waals surface area contributed by atoms with Crippen molar-refractivity contribution >= 4 is 28.9 Å². The molecule has 6 nitrogen and oxygen atoms in total. The molecular formula is C12H12ClFN2O4. The fraction of sp³-hybridized carbons (Fsp3) is 0.417. The number of rotatable bonds is 4. The van der Waals surface area contributed by atoms with Crippen molar-refractivity contribution in [2.45, 2.75) is 25.3 Å². The molecule has 1 aliphatic carbocycles. The lowest BCUT2D eigenvalue weighted by molar-refractivity contribution is -0.384. The van der Waals surface area contributed by atoms with Crippen molar-refractivity contribution in [1.82, 2.24) is 0 Å². The molecule has 1 fully saturated rings. The van der Waals surface area contributed by atoms with Crippen LogP contribution in [0.4, 0.5) is 15.8 Å². The minimum atomic E-state index is -0.874. The number of nitro groups is 1. The van der Waals surface area contributed by atoms with Gasteiger partial charge in [-0.25, -0.2) is 4.39 Å². The van der Waals surface area contributed by atoms with E-state index in [0.717, 1.165) is 12.1 Å². The normalized spacial score (nSPS) is 21.7.